The molecule has 0 saturated carbocycles. The van der Waals surface area contributed by atoms with Crippen LogP contribution in [0.3, 0.4) is 0 Å². The summed E-state index contributed by atoms with van der Waals surface area (Å²) in [6.07, 6.45) is 0.925. The molecule has 146 valence electrons. The Bertz CT molecular complexity index is 951. The highest BCUT2D eigenvalue weighted by Gasteiger charge is 2.40. The highest BCUT2D eigenvalue weighted by atomic mass is 32.2. The average Bonchev–Trinajstić information content (AvgIpc) is 3.24. The Kier molecular flexibility index (Phi) is 5.38. The lowest BCUT2D eigenvalue weighted by Crippen LogP contribution is -2.43. The summed E-state index contributed by atoms with van der Waals surface area (Å²) in [7, 11) is -4.09. The number of carbonyl (C=O) groups is 1. The maximum atomic E-state index is 14.0. The van der Waals surface area contributed by atoms with E-state index in [9.17, 15) is 17.6 Å². The van der Waals surface area contributed by atoms with Crippen molar-refractivity contribution in [2.24, 2.45) is 0 Å². The first-order valence-corrected chi connectivity index (χ1v) is 11.0. The Labute approximate surface area is 162 Å². The number of anilines is 1. The number of thiazole rings is 1. The summed E-state index contributed by atoms with van der Waals surface area (Å²) >= 11 is 1.30. The minimum absolute atomic E-state index is 0.146. The van der Waals surface area contributed by atoms with Crippen LogP contribution >= 0.6 is 11.3 Å². The van der Waals surface area contributed by atoms with Gasteiger partial charge in [-0.25, -0.2) is 17.8 Å². The minimum Gasteiger partial charge on any atom is -0.301 e. The van der Waals surface area contributed by atoms with Crippen LogP contribution in [-0.4, -0.2) is 36.2 Å². The van der Waals surface area contributed by atoms with Crippen molar-refractivity contribution < 1.29 is 17.6 Å². The minimum atomic E-state index is -4.09. The van der Waals surface area contributed by atoms with E-state index in [1.54, 1.807) is 0 Å². The van der Waals surface area contributed by atoms with Crippen molar-refractivity contribution in [2.75, 3.05) is 11.9 Å². The molecule has 0 bridgehead atoms. The molecule has 0 spiro atoms. The first-order valence-electron chi connectivity index (χ1n) is 8.64. The van der Waals surface area contributed by atoms with Gasteiger partial charge >= 0.3 is 0 Å². The van der Waals surface area contributed by atoms with Crippen molar-refractivity contribution in [3.63, 3.8) is 0 Å². The molecule has 6 nitrogen and oxygen atoms in total. The van der Waals surface area contributed by atoms with E-state index in [1.165, 1.54) is 29.5 Å². The van der Waals surface area contributed by atoms with E-state index in [4.69, 9.17) is 0 Å². The van der Waals surface area contributed by atoms with Gasteiger partial charge in [-0.05, 0) is 25.0 Å². The molecule has 1 aliphatic heterocycles. The second kappa shape index (κ2) is 7.29. The fourth-order valence-electron chi connectivity index (χ4n) is 2.93. The van der Waals surface area contributed by atoms with Gasteiger partial charge in [0.05, 0.1) is 5.69 Å². The van der Waals surface area contributed by atoms with Crippen LogP contribution in [0.25, 0.3) is 0 Å². The highest BCUT2D eigenvalue weighted by Crippen LogP contribution is 2.30. The summed E-state index contributed by atoms with van der Waals surface area (Å²) < 4.78 is 40.8. The number of nitrogens with one attached hydrogen (secondary N) is 1. The van der Waals surface area contributed by atoms with Crippen molar-refractivity contribution in [1.29, 1.82) is 0 Å². The third kappa shape index (κ3) is 4.04. The molecule has 1 aromatic carbocycles. The van der Waals surface area contributed by atoms with Crippen molar-refractivity contribution in [3.05, 3.63) is 41.2 Å². The second-order valence-corrected chi connectivity index (χ2v) is 10.2. The number of halogens is 1. The first-order chi connectivity index (χ1) is 12.6. The van der Waals surface area contributed by atoms with Gasteiger partial charge in [-0.15, -0.1) is 11.3 Å². The molecule has 1 atom stereocenters. The summed E-state index contributed by atoms with van der Waals surface area (Å²) in [6.45, 7) is 6.24. The van der Waals surface area contributed by atoms with Gasteiger partial charge in [-0.1, -0.05) is 32.9 Å². The molecule has 1 N–H and O–H groups in total. The molecule has 3 rings (SSSR count). The topological polar surface area (TPSA) is 79.4 Å². The van der Waals surface area contributed by atoms with Crippen LogP contribution in [0.5, 0.6) is 0 Å². The van der Waals surface area contributed by atoms with Gasteiger partial charge in [0.25, 0.3) is 0 Å². The average molecular weight is 412 g/mol. The predicted octanol–water partition coefficient (Wildman–Crippen LogP) is 3.37. The lowest BCUT2D eigenvalue weighted by molar-refractivity contribution is -0.119. The SMILES string of the molecule is CC(C)(C)c1csc(NC(=O)C2CCCN2S(=O)(=O)c2ccccc2F)n1. The van der Waals surface area contributed by atoms with Crippen LogP contribution in [0, 0.1) is 5.82 Å². The summed E-state index contributed by atoms with van der Waals surface area (Å²) in [5.41, 5.74) is 0.706. The van der Waals surface area contributed by atoms with Crippen molar-refractivity contribution >= 4 is 32.4 Å². The summed E-state index contributed by atoms with van der Waals surface area (Å²) in [5, 5.41) is 5.02. The van der Waals surface area contributed by atoms with E-state index in [2.05, 4.69) is 10.3 Å². The third-order valence-electron chi connectivity index (χ3n) is 4.43. The van der Waals surface area contributed by atoms with Gasteiger partial charge in [0.1, 0.15) is 16.8 Å². The molecule has 0 aliphatic carbocycles. The van der Waals surface area contributed by atoms with E-state index in [1.807, 2.05) is 26.2 Å². The molecule has 1 saturated heterocycles. The fraction of sp³-hybridized carbons (Fsp3) is 0.444. The number of rotatable bonds is 4. The zero-order valence-electron chi connectivity index (χ0n) is 15.4. The van der Waals surface area contributed by atoms with Crippen molar-refractivity contribution in [2.45, 2.75) is 50.0 Å². The molecule has 1 aliphatic rings. The predicted molar refractivity (Wildman–Crippen MR) is 103 cm³/mol. The zero-order chi connectivity index (χ0) is 19.8. The van der Waals surface area contributed by atoms with E-state index in [-0.39, 0.29) is 12.0 Å². The smallest absolute Gasteiger partial charge is 0.246 e. The Morgan fingerprint density at radius 2 is 2.04 bits per heavy atom. The van der Waals surface area contributed by atoms with Crippen LogP contribution in [0.4, 0.5) is 9.52 Å². The molecule has 2 aromatic rings. The summed E-state index contributed by atoms with van der Waals surface area (Å²) in [6, 6.07) is 4.33. The van der Waals surface area contributed by atoms with Gasteiger partial charge in [-0.2, -0.15) is 4.31 Å². The standard InChI is InChI=1S/C18H22FN3O3S2/c1-18(2,3)15-11-26-17(20-15)21-16(23)13-8-6-10-22(13)27(24,25)14-9-5-4-7-12(14)19/h4-5,7,9,11,13H,6,8,10H2,1-3H3,(H,20,21,23). The Hall–Kier alpha value is -1.84. The quantitative estimate of drug-likeness (QED) is 0.837. The van der Waals surface area contributed by atoms with Crippen LogP contribution in [0.2, 0.25) is 0 Å². The molecule has 0 radical (unpaired) electrons. The van der Waals surface area contributed by atoms with Crippen LogP contribution in [0.15, 0.2) is 34.5 Å². The fourth-order valence-corrected chi connectivity index (χ4v) is 5.60. The number of hydrogen-bond donors (Lipinski definition) is 1. The van der Waals surface area contributed by atoms with Gasteiger partial charge in [-0.3, -0.25) is 4.79 Å². The largest absolute Gasteiger partial charge is 0.301 e. The molecule has 1 unspecified atom stereocenters. The molecule has 1 fully saturated rings. The monoisotopic (exact) mass is 411 g/mol. The van der Waals surface area contributed by atoms with Gasteiger partial charge in [0.2, 0.25) is 15.9 Å². The lowest BCUT2D eigenvalue weighted by atomic mass is 9.93. The molecule has 1 aromatic heterocycles. The molecule has 1 amide bonds. The Morgan fingerprint density at radius 1 is 1.33 bits per heavy atom. The van der Waals surface area contributed by atoms with Crippen LogP contribution < -0.4 is 5.32 Å². The molecule has 2 heterocycles. The number of aromatic nitrogens is 1. The van der Waals surface area contributed by atoms with Gasteiger partial charge in [0.15, 0.2) is 5.13 Å². The number of nitrogens with zero attached hydrogens (tertiary/aromatic N) is 2. The molecule has 9 heteroatoms. The second-order valence-electron chi connectivity index (χ2n) is 7.48. The van der Waals surface area contributed by atoms with Crippen molar-refractivity contribution in [3.8, 4) is 0 Å². The maximum Gasteiger partial charge on any atom is 0.246 e. The van der Waals surface area contributed by atoms with Crippen LogP contribution in [-0.2, 0) is 20.2 Å². The molecular weight excluding hydrogens is 389 g/mol. The third-order valence-corrected chi connectivity index (χ3v) is 7.13. The Morgan fingerprint density at radius 3 is 2.67 bits per heavy atom. The van der Waals surface area contributed by atoms with E-state index in [0.29, 0.717) is 18.0 Å². The summed E-state index contributed by atoms with van der Waals surface area (Å²) in [5.74, 6) is -1.26. The maximum absolute atomic E-state index is 14.0. The zero-order valence-corrected chi connectivity index (χ0v) is 17.0. The first kappa shape index (κ1) is 19.9. The van der Waals surface area contributed by atoms with E-state index < -0.39 is 32.7 Å². The Balaban J connectivity index is 1.81. The van der Waals surface area contributed by atoms with Crippen molar-refractivity contribution in [1.82, 2.24) is 9.29 Å². The van der Waals surface area contributed by atoms with Crippen LogP contribution in [0.1, 0.15) is 39.3 Å². The number of carbonyl (C=O) groups excluding carboxylic acids is 1. The number of sulfonamides is 1. The highest BCUT2D eigenvalue weighted by molar-refractivity contribution is 7.89. The number of hydrogen-bond acceptors (Lipinski definition) is 5. The number of amides is 1. The van der Waals surface area contributed by atoms with Gasteiger partial charge in [0, 0.05) is 17.3 Å². The van der Waals surface area contributed by atoms with Gasteiger partial charge < -0.3 is 5.32 Å². The van der Waals surface area contributed by atoms with E-state index >= 15 is 0 Å². The molecular formula is C18H22FN3O3S2. The normalized spacial score (nSPS) is 18.6. The lowest BCUT2D eigenvalue weighted by Gasteiger charge is -2.23. The number of benzene rings is 1. The molecule has 27 heavy (non-hydrogen) atoms. The summed E-state index contributed by atoms with van der Waals surface area (Å²) in [4.78, 5) is 16.7. The van der Waals surface area contributed by atoms with E-state index in [0.717, 1.165) is 16.1 Å².